The number of halogens is 1. The van der Waals surface area contributed by atoms with E-state index in [9.17, 15) is 9.50 Å². The summed E-state index contributed by atoms with van der Waals surface area (Å²) in [6.45, 7) is 3.78. The molecule has 0 bridgehead atoms. The summed E-state index contributed by atoms with van der Waals surface area (Å²) in [4.78, 5) is 2.01. The van der Waals surface area contributed by atoms with E-state index in [1.165, 1.54) is 18.9 Å². The Labute approximate surface area is 124 Å². The molecule has 1 saturated heterocycles. The van der Waals surface area contributed by atoms with Gasteiger partial charge in [0.25, 0.3) is 0 Å². The van der Waals surface area contributed by atoms with E-state index < -0.39 is 0 Å². The van der Waals surface area contributed by atoms with Crippen molar-refractivity contribution >= 4 is 5.69 Å². The van der Waals surface area contributed by atoms with Gasteiger partial charge in [-0.3, -0.25) is 0 Å². The molecule has 2 unspecified atom stereocenters. The van der Waals surface area contributed by atoms with Gasteiger partial charge in [0.2, 0.25) is 0 Å². The number of aliphatic hydroxyl groups is 1. The van der Waals surface area contributed by atoms with Gasteiger partial charge >= 0.3 is 0 Å². The summed E-state index contributed by atoms with van der Waals surface area (Å²) < 4.78 is 20.0. The first kappa shape index (κ1) is 14.8. The van der Waals surface area contributed by atoms with Crippen molar-refractivity contribution in [2.24, 2.45) is 0 Å². The first-order chi connectivity index (χ1) is 10.2. The normalized spacial score (nSPS) is 26.1. The zero-order valence-electron chi connectivity index (χ0n) is 12.4. The Bertz CT molecular complexity index is 493. The van der Waals surface area contributed by atoms with E-state index in [0.29, 0.717) is 31.4 Å². The molecule has 1 saturated carbocycles. The van der Waals surface area contributed by atoms with E-state index in [-0.39, 0.29) is 24.6 Å². The first-order valence-corrected chi connectivity index (χ1v) is 7.69. The molecule has 2 atom stereocenters. The second-order valence-electron chi connectivity index (χ2n) is 6.06. The molecule has 2 N–H and O–H groups in total. The molecule has 0 amide bonds. The standard InChI is InChI=1S/C16H23FN2O2/c1-11-8-19(9-14(10-20)21-11)16-12(3-2-4-15(16)17)7-18-13-5-6-13/h2-4,11,13-14,18,20H,5-10H2,1H3. The maximum atomic E-state index is 14.4. The van der Waals surface area contributed by atoms with E-state index in [2.05, 4.69) is 5.32 Å². The number of hydrogen-bond acceptors (Lipinski definition) is 4. The molecule has 1 aliphatic heterocycles. The van der Waals surface area contributed by atoms with Gasteiger partial charge in [0, 0.05) is 25.7 Å². The summed E-state index contributed by atoms with van der Waals surface area (Å²) in [6, 6.07) is 5.83. The third-order valence-electron chi connectivity index (χ3n) is 4.08. The second-order valence-corrected chi connectivity index (χ2v) is 6.06. The summed E-state index contributed by atoms with van der Waals surface area (Å²) in [7, 11) is 0. The predicted octanol–water partition coefficient (Wildman–Crippen LogP) is 1.66. The molecule has 21 heavy (non-hydrogen) atoms. The van der Waals surface area contributed by atoms with Gasteiger partial charge in [0.05, 0.1) is 24.5 Å². The van der Waals surface area contributed by atoms with Crippen molar-refractivity contribution in [1.29, 1.82) is 0 Å². The Morgan fingerprint density at radius 3 is 2.90 bits per heavy atom. The molecule has 4 nitrogen and oxygen atoms in total. The fourth-order valence-corrected chi connectivity index (χ4v) is 2.93. The fourth-order valence-electron chi connectivity index (χ4n) is 2.93. The molecule has 1 heterocycles. The van der Waals surface area contributed by atoms with Crippen molar-refractivity contribution in [3.63, 3.8) is 0 Å². The lowest BCUT2D eigenvalue weighted by Gasteiger charge is -2.38. The monoisotopic (exact) mass is 294 g/mol. The van der Waals surface area contributed by atoms with Crippen LogP contribution in [0.3, 0.4) is 0 Å². The first-order valence-electron chi connectivity index (χ1n) is 7.69. The fraction of sp³-hybridized carbons (Fsp3) is 0.625. The molecule has 0 aromatic heterocycles. The number of nitrogens with one attached hydrogen (secondary N) is 1. The van der Waals surface area contributed by atoms with Crippen molar-refractivity contribution < 1.29 is 14.2 Å². The van der Waals surface area contributed by atoms with E-state index in [1.807, 2.05) is 17.9 Å². The van der Waals surface area contributed by atoms with Crippen LogP contribution in [0.25, 0.3) is 0 Å². The summed E-state index contributed by atoms with van der Waals surface area (Å²) in [5.41, 5.74) is 1.63. The third-order valence-corrected chi connectivity index (χ3v) is 4.08. The predicted molar refractivity (Wildman–Crippen MR) is 79.9 cm³/mol. The van der Waals surface area contributed by atoms with E-state index in [0.717, 1.165) is 5.56 Å². The molecule has 1 aromatic rings. The second kappa shape index (κ2) is 6.30. The van der Waals surface area contributed by atoms with Crippen molar-refractivity contribution in [2.45, 2.75) is 44.6 Å². The minimum atomic E-state index is -0.252. The number of rotatable bonds is 5. The lowest BCUT2D eigenvalue weighted by molar-refractivity contribution is -0.0422. The van der Waals surface area contributed by atoms with Crippen LogP contribution in [0.5, 0.6) is 0 Å². The number of hydrogen-bond donors (Lipinski definition) is 2. The van der Waals surface area contributed by atoms with E-state index in [4.69, 9.17) is 4.74 Å². The minimum Gasteiger partial charge on any atom is -0.394 e. The topological polar surface area (TPSA) is 44.7 Å². The summed E-state index contributed by atoms with van der Waals surface area (Å²) in [6.07, 6.45) is 2.16. The van der Waals surface area contributed by atoms with Gasteiger partial charge in [-0.2, -0.15) is 0 Å². The van der Waals surface area contributed by atoms with Crippen molar-refractivity contribution in [3.05, 3.63) is 29.6 Å². The number of morpholine rings is 1. The highest BCUT2D eigenvalue weighted by atomic mass is 19.1. The lowest BCUT2D eigenvalue weighted by Crippen LogP contribution is -2.48. The highest BCUT2D eigenvalue weighted by Crippen LogP contribution is 2.29. The van der Waals surface area contributed by atoms with Crippen molar-refractivity contribution in [2.75, 3.05) is 24.6 Å². The minimum absolute atomic E-state index is 0.0141. The lowest BCUT2D eigenvalue weighted by atomic mass is 10.1. The van der Waals surface area contributed by atoms with Crippen LogP contribution in [-0.4, -0.2) is 43.1 Å². The smallest absolute Gasteiger partial charge is 0.146 e. The van der Waals surface area contributed by atoms with Gasteiger partial charge in [0.1, 0.15) is 5.82 Å². The van der Waals surface area contributed by atoms with Gasteiger partial charge in [-0.15, -0.1) is 0 Å². The Morgan fingerprint density at radius 2 is 2.19 bits per heavy atom. The maximum Gasteiger partial charge on any atom is 0.146 e. The number of ether oxygens (including phenoxy) is 1. The quantitative estimate of drug-likeness (QED) is 0.867. The van der Waals surface area contributed by atoms with Crippen molar-refractivity contribution in [1.82, 2.24) is 5.32 Å². The van der Waals surface area contributed by atoms with Gasteiger partial charge in [-0.25, -0.2) is 4.39 Å². The molecule has 1 aliphatic carbocycles. The van der Waals surface area contributed by atoms with Gasteiger partial charge in [0.15, 0.2) is 0 Å². The number of benzene rings is 1. The Morgan fingerprint density at radius 1 is 1.38 bits per heavy atom. The van der Waals surface area contributed by atoms with Crippen LogP contribution in [0.15, 0.2) is 18.2 Å². The summed E-state index contributed by atoms with van der Waals surface area (Å²) in [5.74, 6) is -0.198. The molecular weight excluding hydrogens is 271 g/mol. The Hall–Kier alpha value is -1.17. The Balaban J connectivity index is 1.81. The molecular formula is C16H23FN2O2. The largest absolute Gasteiger partial charge is 0.394 e. The van der Waals surface area contributed by atoms with Crippen LogP contribution in [0, 0.1) is 5.82 Å². The SMILES string of the molecule is CC1CN(c2c(F)cccc2CNC2CC2)CC(CO)O1. The molecule has 2 fully saturated rings. The highest BCUT2D eigenvalue weighted by Gasteiger charge is 2.28. The maximum absolute atomic E-state index is 14.4. The number of nitrogens with zero attached hydrogens (tertiary/aromatic N) is 1. The molecule has 1 aromatic carbocycles. The van der Waals surface area contributed by atoms with E-state index >= 15 is 0 Å². The Kier molecular flexibility index (Phi) is 4.42. The third kappa shape index (κ3) is 3.54. The van der Waals surface area contributed by atoms with Crippen molar-refractivity contribution in [3.8, 4) is 0 Å². The number of anilines is 1. The molecule has 5 heteroatoms. The zero-order chi connectivity index (χ0) is 14.8. The van der Waals surface area contributed by atoms with E-state index in [1.54, 1.807) is 6.07 Å². The van der Waals surface area contributed by atoms with Crippen LogP contribution in [0.4, 0.5) is 10.1 Å². The van der Waals surface area contributed by atoms with Crippen LogP contribution < -0.4 is 10.2 Å². The zero-order valence-corrected chi connectivity index (χ0v) is 12.4. The average molecular weight is 294 g/mol. The summed E-state index contributed by atoms with van der Waals surface area (Å²) in [5, 5.41) is 12.8. The van der Waals surface area contributed by atoms with Gasteiger partial charge < -0.3 is 20.1 Å². The molecule has 0 radical (unpaired) electrons. The molecule has 3 rings (SSSR count). The van der Waals surface area contributed by atoms with Crippen LogP contribution in [0.2, 0.25) is 0 Å². The molecule has 0 spiro atoms. The van der Waals surface area contributed by atoms with Crippen LogP contribution >= 0.6 is 0 Å². The molecule has 116 valence electrons. The molecule has 2 aliphatic rings. The van der Waals surface area contributed by atoms with Crippen LogP contribution in [-0.2, 0) is 11.3 Å². The average Bonchev–Trinajstić information content (AvgIpc) is 3.28. The summed E-state index contributed by atoms with van der Waals surface area (Å²) >= 11 is 0. The van der Waals surface area contributed by atoms with Gasteiger partial charge in [-0.1, -0.05) is 12.1 Å². The number of para-hydroxylation sites is 1. The number of aliphatic hydroxyl groups excluding tert-OH is 1. The highest BCUT2D eigenvalue weighted by molar-refractivity contribution is 5.55. The van der Waals surface area contributed by atoms with Gasteiger partial charge in [-0.05, 0) is 31.4 Å². The van der Waals surface area contributed by atoms with Crippen LogP contribution in [0.1, 0.15) is 25.3 Å².